The van der Waals surface area contributed by atoms with E-state index in [2.05, 4.69) is 12.2 Å². The normalized spacial score (nSPS) is 19.0. The Morgan fingerprint density at radius 2 is 1.25 bits per heavy atom. The van der Waals surface area contributed by atoms with E-state index in [1.807, 2.05) is 0 Å². The van der Waals surface area contributed by atoms with Crippen molar-refractivity contribution in [3.05, 3.63) is 12.2 Å². The third-order valence-corrected chi connectivity index (χ3v) is 1.41. The minimum atomic E-state index is 0. The van der Waals surface area contributed by atoms with Crippen molar-refractivity contribution in [3.8, 4) is 0 Å². The molecular weight excluding hydrogens is 98.1 g/mol. The van der Waals surface area contributed by atoms with Gasteiger partial charge in [-0.25, -0.2) is 0 Å². The second kappa shape index (κ2) is 4.85. The Morgan fingerprint density at radius 1 is 0.750 bits per heavy atom. The molecule has 0 bridgehead atoms. The van der Waals surface area contributed by atoms with Crippen LogP contribution in [-0.4, -0.2) is 0 Å². The maximum absolute atomic E-state index is 2.30. The summed E-state index contributed by atoms with van der Waals surface area (Å²) in [6.07, 6.45) is 11.5. The molecule has 0 aromatic heterocycles. The van der Waals surface area contributed by atoms with Crippen molar-refractivity contribution in [2.24, 2.45) is 0 Å². The molecule has 8 heavy (non-hydrogen) atoms. The SMILES string of the molecule is C1=CCCCCC1.N. The highest BCUT2D eigenvalue weighted by molar-refractivity contribution is 4.83. The van der Waals surface area contributed by atoms with Gasteiger partial charge in [0, 0.05) is 0 Å². The summed E-state index contributed by atoms with van der Waals surface area (Å²) in [5.41, 5.74) is 0. The van der Waals surface area contributed by atoms with Crippen LogP contribution in [0.2, 0.25) is 0 Å². The Labute approximate surface area is 51.4 Å². The van der Waals surface area contributed by atoms with Gasteiger partial charge in [0.2, 0.25) is 0 Å². The molecule has 0 aromatic carbocycles. The van der Waals surface area contributed by atoms with Crippen LogP contribution in [0.25, 0.3) is 0 Å². The van der Waals surface area contributed by atoms with Crippen LogP contribution in [0.4, 0.5) is 0 Å². The standard InChI is InChI=1S/C7H12.H3N/c1-2-4-6-7-5-3-1;/h1-2H,3-7H2;1H3. The zero-order valence-electron chi connectivity index (χ0n) is 5.40. The molecule has 0 amide bonds. The molecule has 0 saturated heterocycles. The number of allylic oxidation sites excluding steroid dienone is 2. The van der Waals surface area contributed by atoms with Gasteiger partial charge in [0.25, 0.3) is 0 Å². The van der Waals surface area contributed by atoms with Crippen molar-refractivity contribution in [3.63, 3.8) is 0 Å². The first-order valence-electron chi connectivity index (χ1n) is 3.15. The minimum absolute atomic E-state index is 0. The fourth-order valence-corrected chi connectivity index (χ4v) is 0.937. The number of hydrogen-bond donors (Lipinski definition) is 1. The van der Waals surface area contributed by atoms with Gasteiger partial charge in [-0.05, 0) is 25.7 Å². The van der Waals surface area contributed by atoms with Crippen LogP contribution in [-0.2, 0) is 0 Å². The molecule has 0 unspecified atom stereocenters. The predicted molar refractivity (Wildman–Crippen MR) is 37.2 cm³/mol. The Hall–Kier alpha value is -0.300. The van der Waals surface area contributed by atoms with Crippen LogP contribution in [0.15, 0.2) is 12.2 Å². The Bertz CT molecular complexity index is 58.8. The predicted octanol–water partition coefficient (Wildman–Crippen LogP) is 2.67. The third-order valence-electron chi connectivity index (χ3n) is 1.41. The highest BCUT2D eigenvalue weighted by Crippen LogP contribution is 2.08. The first-order chi connectivity index (χ1) is 3.50. The average molecular weight is 113 g/mol. The van der Waals surface area contributed by atoms with Gasteiger partial charge in [-0.1, -0.05) is 18.6 Å². The molecular formula is C7H15N. The van der Waals surface area contributed by atoms with Crippen LogP contribution in [0.5, 0.6) is 0 Å². The summed E-state index contributed by atoms with van der Waals surface area (Å²) in [7, 11) is 0. The van der Waals surface area contributed by atoms with Gasteiger partial charge in [-0.3, -0.25) is 0 Å². The van der Waals surface area contributed by atoms with Crippen molar-refractivity contribution in [2.75, 3.05) is 0 Å². The second-order valence-electron chi connectivity index (χ2n) is 2.11. The summed E-state index contributed by atoms with van der Waals surface area (Å²) in [6, 6.07) is 0. The van der Waals surface area contributed by atoms with Gasteiger partial charge < -0.3 is 6.15 Å². The second-order valence-corrected chi connectivity index (χ2v) is 2.11. The first kappa shape index (κ1) is 7.70. The molecule has 1 heteroatoms. The fraction of sp³-hybridized carbons (Fsp3) is 0.714. The lowest BCUT2D eigenvalue weighted by atomic mass is 10.2. The smallest absolute Gasteiger partial charge is 0.0351 e. The maximum Gasteiger partial charge on any atom is -0.0351 e. The Morgan fingerprint density at radius 3 is 1.75 bits per heavy atom. The minimum Gasteiger partial charge on any atom is -0.344 e. The first-order valence-corrected chi connectivity index (χ1v) is 3.15. The van der Waals surface area contributed by atoms with Crippen molar-refractivity contribution in [1.82, 2.24) is 6.15 Å². The molecule has 0 aromatic rings. The van der Waals surface area contributed by atoms with Gasteiger partial charge >= 0.3 is 0 Å². The number of rotatable bonds is 0. The van der Waals surface area contributed by atoms with Gasteiger partial charge in [0.15, 0.2) is 0 Å². The molecule has 3 N–H and O–H groups in total. The van der Waals surface area contributed by atoms with Crippen LogP contribution in [0, 0.1) is 0 Å². The quantitative estimate of drug-likeness (QED) is 0.481. The van der Waals surface area contributed by atoms with E-state index < -0.39 is 0 Å². The van der Waals surface area contributed by atoms with E-state index in [-0.39, 0.29) is 6.15 Å². The third kappa shape index (κ3) is 2.80. The lowest BCUT2D eigenvalue weighted by molar-refractivity contribution is 0.718. The van der Waals surface area contributed by atoms with E-state index in [0.29, 0.717) is 0 Å². The van der Waals surface area contributed by atoms with E-state index >= 15 is 0 Å². The highest BCUT2D eigenvalue weighted by Gasteiger charge is 1.88. The van der Waals surface area contributed by atoms with Gasteiger partial charge in [-0.2, -0.15) is 0 Å². The van der Waals surface area contributed by atoms with Crippen molar-refractivity contribution in [1.29, 1.82) is 0 Å². The molecule has 1 aliphatic carbocycles. The largest absolute Gasteiger partial charge is 0.344 e. The van der Waals surface area contributed by atoms with Gasteiger partial charge in [0.05, 0.1) is 0 Å². The van der Waals surface area contributed by atoms with Crippen molar-refractivity contribution in [2.45, 2.75) is 32.1 Å². The summed E-state index contributed by atoms with van der Waals surface area (Å²) in [4.78, 5) is 0. The zero-order chi connectivity index (χ0) is 4.95. The van der Waals surface area contributed by atoms with Crippen LogP contribution in [0.1, 0.15) is 32.1 Å². The summed E-state index contributed by atoms with van der Waals surface area (Å²) in [5, 5.41) is 0. The van der Waals surface area contributed by atoms with Crippen LogP contribution >= 0.6 is 0 Å². The maximum atomic E-state index is 2.30. The average Bonchev–Trinajstić information content (AvgIpc) is 1.90. The van der Waals surface area contributed by atoms with E-state index in [4.69, 9.17) is 0 Å². The Balaban J connectivity index is 0.000000490. The highest BCUT2D eigenvalue weighted by atomic mass is 14.0. The summed E-state index contributed by atoms with van der Waals surface area (Å²) >= 11 is 0. The van der Waals surface area contributed by atoms with Gasteiger partial charge in [0.1, 0.15) is 0 Å². The van der Waals surface area contributed by atoms with Crippen LogP contribution < -0.4 is 6.15 Å². The lowest BCUT2D eigenvalue weighted by Crippen LogP contribution is -1.67. The molecule has 0 spiro atoms. The molecule has 1 rings (SSSR count). The topological polar surface area (TPSA) is 35.0 Å². The van der Waals surface area contributed by atoms with Gasteiger partial charge in [-0.15, -0.1) is 0 Å². The number of hydrogen-bond acceptors (Lipinski definition) is 1. The molecule has 0 fully saturated rings. The van der Waals surface area contributed by atoms with Crippen molar-refractivity contribution < 1.29 is 0 Å². The molecule has 0 aliphatic heterocycles. The fourth-order valence-electron chi connectivity index (χ4n) is 0.937. The molecule has 0 heterocycles. The lowest BCUT2D eigenvalue weighted by Gasteiger charge is -1.86. The molecule has 0 radical (unpaired) electrons. The molecule has 1 aliphatic rings. The van der Waals surface area contributed by atoms with E-state index in [0.717, 1.165) is 0 Å². The summed E-state index contributed by atoms with van der Waals surface area (Å²) in [5.74, 6) is 0. The van der Waals surface area contributed by atoms with E-state index in [1.54, 1.807) is 0 Å². The molecule has 0 atom stereocenters. The van der Waals surface area contributed by atoms with Crippen molar-refractivity contribution >= 4 is 0 Å². The molecule has 0 saturated carbocycles. The zero-order valence-corrected chi connectivity index (χ0v) is 5.40. The van der Waals surface area contributed by atoms with E-state index in [9.17, 15) is 0 Å². The monoisotopic (exact) mass is 113 g/mol. The van der Waals surface area contributed by atoms with E-state index in [1.165, 1.54) is 32.1 Å². The Kier molecular flexibility index (Phi) is 4.67. The molecule has 48 valence electrons. The van der Waals surface area contributed by atoms with Crippen LogP contribution in [0.3, 0.4) is 0 Å². The molecule has 1 nitrogen and oxygen atoms in total. The summed E-state index contributed by atoms with van der Waals surface area (Å²) in [6.45, 7) is 0. The summed E-state index contributed by atoms with van der Waals surface area (Å²) < 4.78 is 0.